The number of hydrogen-bond donors (Lipinski definition) is 1. The molecule has 2 rings (SSSR count). The molecule has 1 aliphatic rings. The number of alkyl halides is 1. The number of rotatable bonds is 4. The fourth-order valence-corrected chi connectivity index (χ4v) is 4.15. The van der Waals surface area contributed by atoms with Crippen molar-refractivity contribution in [2.24, 2.45) is 7.05 Å². The highest BCUT2D eigenvalue weighted by Gasteiger charge is 2.35. The number of likely N-dealkylation sites (tertiary alicyclic amines) is 1. The highest BCUT2D eigenvalue weighted by Crippen LogP contribution is 2.22. The first-order valence-corrected chi connectivity index (χ1v) is 8.71. The molecule has 0 aromatic carbocycles. The number of nitrogens with one attached hydrogen (secondary N) is 1. The van der Waals surface area contributed by atoms with E-state index in [9.17, 15) is 13.2 Å². The second kappa shape index (κ2) is 6.61. The quantitative estimate of drug-likeness (QED) is 0.781. The lowest BCUT2D eigenvalue weighted by atomic mass is 10.1. The number of urea groups is 1. The van der Waals surface area contributed by atoms with Crippen molar-refractivity contribution >= 4 is 27.5 Å². The molecule has 1 aromatic rings. The summed E-state index contributed by atoms with van der Waals surface area (Å²) in [6, 6.07) is -0.204. The van der Waals surface area contributed by atoms with Crippen LogP contribution in [0.2, 0.25) is 0 Å². The zero-order valence-electron chi connectivity index (χ0n) is 11.7. The SMILES string of the molecule is Cn1cnnc1S(=O)(=O)C1CCN(C(=O)NCCCl)CC1. The molecular weight excluding hydrogens is 318 g/mol. The van der Waals surface area contributed by atoms with Crippen molar-refractivity contribution in [2.75, 3.05) is 25.5 Å². The third kappa shape index (κ3) is 3.46. The van der Waals surface area contributed by atoms with E-state index in [1.165, 1.54) is 10.9 Å². The summed E-state index contributed by atoms with van der Waals surface area (Å²) in [5, 5.41) is 9.40. The number of sulfone groups is 1. The van der Waals surface area contributed by atoms with Gasteiger partial charge in [0.2, 0.25) is 15.0 Å². The molecule has 10 heteroatoms. The predicted molar refractivity (Wildman–Crippen MR) is 76.9 cm³/mol. The van der Waals surface area contributed by atoms with Gasteiger partial charge in [-0.05, 0) is 12.8 Å². The van der Waals surface area contributed by atoms with E-state index in [0.29, 0.717) is 38.4 Å². The van der Waals surface area contributed by atoms with E-state index in [2.05, 4.69) is 15.5 Å². The van der Waals surface area contributed by atoms with Crippen LogP contribution in [0.4, 0.5) is 4.79 Å². The van der Waals surface area contributed by atoms with Gasteiger partial charge in [-0.15, -0.1) is 21.8 Å². The third-order valence-electron chi connectivity index (χ3n) is 3.46. The first-order valence-electron chi connectivity index (χ1n) is 6.63. The molecule has 21 heavy (non-hydrogen) atoms. The Morgan fingerprint density at radius 1 is 1.48 bits per heavy atom. The van der Waals surface area contributed by atoms with Crippen molar-refractivity contribution in [1.82, 2.24) is 25.0 Å². The van der Waals surface area contributed by atoms with Crippen LogP contribution < -0.4 is 5.32 Å². The molecule has 0 atom stereocenters. The van der Waals surface area contributed by atoms with Gasteiger partial charge in [0.1, 0.15) is 6.33 Å². The Balaban J connectivity index is 1.98. The number of aryl methyl sites for hydroxylation is 1. The smallest absolute Gasteiger partial charge is 0.317 e. The number of hydrogen-bond acceptors (Lipinski definition) is 5. The second-order valence-corrected chi connectivity index (χ2v) is 7.38. The Morgan fingerprint density at radius 3 is 2.67 bits per heavy atom. The van der Waals surface area contributed by atoms with Crippen molar-refractivity contribution < 1.29 is 13.2 Å². The van der Waals surface area contributed by atoms with Crippen LogP contribution in [0.25, 0.3) is 0 Å². The van der Waals surface area contributed by atoms with Gasteiger partial charge in [0.25, 0.3) is 0 Å². The van der Waals surface area contributed by atoms with E-state index in [-0.39, 0.29) is 11.2 Å². The maximum atomic E-state index is 12.5. The number of aromatic nitrogens is 3. The van der Waals surface area contributed by atoms with Crippen LogP contribution in [0.5, 0.6) is 0 Å². The molecule has 1 N–H and O–H groups in total. The van der Waals surface area contributed by atoms with E-state index < -0.39 is 15.1 Å². The lowest BCUT2D eigenvalue weighted by Gasteiger charge is -2.31. The van der Waals surface area contributed by atoms with Crippen molar-refractivity contribution in [2.45, 2.75) is 23.2 Å². The minimum Gasteiger partial charge on any atom is -0.337 e. The Kier molecular flexibility index (Phi) is 5.04. The van der Waals surface area contributed by atoms with E-state index in [1.807, 2.05) is 0 Å². The van der Waals surface area contributed by atoms with Gasteiger partial charge in [-0.1, -0.05) is 0 Å². The van der Waals surface area contributed by atoms with Crippen LogP contribution in [0.15, 0.2) is 11.5 Å². The Labute approximate surface area is 128 Å². The Morgan fingerprint density at radius 2 is 2.14 bits per heavy atom. The fourth-order valence-electron chi connectivity index (χ4n) is 2.31. The number of carbonyl (C=O) groups excluding carboxylic acids is 1. The largest absolute Gasteiger partial charge is 0.337 e. The number of halogens is 1. The molecule has 1 saturated heterocycles. The lowest BCUT2D eigenvalue weighted by molar-refractivity contribution is 0.187. The van der Waals surface area contributed by atoms with E-state index >= 15 is 0 Å². The van der Waals surface area contributed by atoms with Crippen molar-refractivity contribution in [3.63, 3.8) is 0 Å². The van der Waals surface area contributed by atoms with Crippen LogP contribution in [-0.4, -0.2) is 64.9 Å². The summed E-state index contributed by atoms with van der Waals surface area (Å²) >= 11 is 5.51. The zero-order valence-corrected chi connectivity index (χ0v) is 13.3. The van der Waals surface area contributed by atoms with Crippen LogP contribution in [0.3, 0.4) is 0 Å². The van der Waals surface area contributed by atoms with Gasteiger partial charge >= 0.3 is 6.03 Å². The van der Waals surface area contributed by atoms with Gasteiger partial charge in [-0.2, -0.15) is 0 Å². The summed E-state index contributed by atoms with van der Waals surface area (Å²) in [6.45, 7) is 1.20. The van der Waals surface area contributed by atoms with Crippen LogP contribution >= 0.6 is 11.6 Å². The molecule has 118 valence electrons. The summed E-state index contributed by atoms with van der Waals surface area (Å²) in [5.74, 6) is 0.350. The molecule has 0 unspecified atom stereocenters. The first kappa shape index (κ1) is 16.0. The van der Waals surface area contributed by atoms with Crippen LogP contribution in [0, 0.1) is 0 Å². The molecule has 0 radical (unpaired) electrons. The summed E-state index contributed by atoms with van der Waals surface area (Å²) in [6.07, 6.45) is 2.15. The van der Waals surface area contributed by atoms with E-state index in [0.717, 1.165) is 0 Å². The highest BCUT2D eigenvalue weighted by atomic mass is 35.5. The van der Waals surface area contributed by atoms with Crippen LogP contribution in [0.1, 0.15) is 12.8 Å². The minimum absolute atomic E-state index is 0.0208. The summed E-state index contributed by atoms with van der Waals surface area (Å²) < 4.78 is 26.3. The number of carbonyl (C=O) groups is 1. The van der Waals surface area contributed by atoms with Crippen molar-refractivity contribution in [3.8, 4) is 0 Å². The normalized spacial score (nSPS) is 17.0. The Hall–Kier alpha value is -1.35. The molecule has 8 nitrogen and oxygen atoms in total. The van der Waals surface area contributed by atoms with Gasteiger partial charge in [-0.25, -0.2) is 13.2 Å². The Bertz CT molecular complexity index is 595. The first-order chi connectivity index (χ1) is 9.96. The maximum Gasteiger partial charge on any atom is 0.317 e. The van der Waals surface area contributed by atoms with E-state index in [1.54, 1.807) is 11.9 Å². The molecule has 0 spiro atoms. The molecule has 0 bridgehead atoms. The highest BCUT2D eigenvalue weighted by molar-refractivity contribution is 7.91. The van der Waals surface area contributed by atoms with Crippen molar-refractivity contribution in [3.05, 3.63) is 6.33 Å². The van der Waals surface area contributed by atoms with Gasteiger partial charge in [0, 0.05) is 32.6 Å². The summed E-state index contributed by atoms with van der Waals surface area (Å²) in [4.78, 5) is 13.4. The molecule has 2 heterocycles. The number of nitrogens with zero attached hydrogens (tertiary/aromatic N) is 4. The lowest BCUT2D eigenvalue weighted by Crippen LogP contribution is -2.47. The molecule has 1 aliphatic heterocycles. The van der Waals surface area contributed by atoms with Gasteiger partial charge < -0.3 is 14.8 Å². The minimum atomic E-state index is -3.51. The van der Waals surface area contributed by atoms with Crippen molar-refractivity contribution in [1.29, 1.82) is 0 Å². The average molecular weight is 336 g/mol. The van der Waals surface area contributed by atoms with Gasteiger partial charge in [-0.3, -0.25) is 0 Å². The maximum absolute atomic E-state index is 12.5. The fraction of sp³-hybridized carbons (Fsp3) is 0.727. The standard InChI is InChI=1S/C11H18ClN5O3S/c1-16-8-14-15-11(16)21(19,20)9-2-6-17(7-3-9)10(18)13-5-4-12/h8-9H,2-7H2,1H3,(H,13,18). The number of piperidine rings is 1. The molecular formula is C11H18ClN5O3S. The molecule has 2 amide bonds. The molecule has 1 aromatic heterocycles. The average Bonchev–Trinajstić information content (AvgIpc) is 2.92. The molecule has 0 aliphatic carbocycles. The predicted octanol–water partition coefficient (Wildman–Crippen LogP) is 0.00160. The third-order valence-corrected chi connectivity index (χ3v) is 5.88. The summed E-state index contributed by atoms with van der Waals surface area (Å²) in [7, 11) is -1.91. The monoisotopic (exact) mass is 335 g/mol. The van der Waals surface area contributed by atoms with Gasteiger partial charge in [0.05, 0.1) is 5.25 Å². The number of amides is 2. The molecule has 0 saturated carbocycles. The van der Waals surface area contributed by atoms with Gasteiger partial charge in [0.15, 0.2) is 0 Å². The zero-order chi connectivity index (χ0) is 15.5. The van der Waals surface area contributed by atoms with E-state index in [4.69, 9.17) is 11.6 Å². The topological polar surface area (TPSA) is 97.2 Å². The molecule has 1 fully saturated rings. The van der Waals surface area contributed by atoms with Crippen LogP contribution in [-0.2, 0) is 16.9 Å². The summed E-state index contributed by atoms with van der Waals surface area (Å²) in [5.41, 5.74) is 0. The second-order valence-electron chi connectivity index (χ2n) is 4.88.